The van der Waals surface area contributed by atoms with Crippen molar-refractivity contribution >= 4 is 23.4 Å². The average Bonchev–Trinajstić information content (AvgIpc) is 2.78. The van der Waals surface area contributed by atoms with Crippen molar-refractivity contribution in [1.29, 1.82) is 0 Å². The van der Waals surface area contributed by atoms with Gasteiger partial charge in [0.25, 0.3) is 5.91 Å². The second-order valence-corrected chi connectivity index (χ2v) is 7.29. The molecule has 0 N–H and O–H groups in total. The number of alkyl halides is 1. The lowest BCUT2D eigenvalue weighted by Crippen LogP contribution is -2.32. The fraction of sp³-hybridized carbons (Fsp3) is 0.174. The van der Waals surface area contributed by atoms with E-state index in [-0.39, 0.29) is 6.54 Å². The Labute approximate surface area is 174 Å². The van der Waals surface area contributed by atoms with Crippen LogP contribution in [0.3, 0.4) is 0 Å². The first-order valence-corrected chi connectivity index (χ1v) is 9.87. The highest BCUT2D eigenvalue weighted by molar-refractivity contribution is 7.99. The molecule has 0 radical (unpaired) electrons. The first-order valence-electron chi connectivity index (χ1n) is 9.05. The van der Waals surface area contributed by atoms with Crippen LogP contribution in [0.25, 0.3) is 0 Å². The van der Waals surface area contributed by atoms with Gasteiger partial charge in [0.05, 0.1) is 26.5 Å². The number of hydrogen-bond acceptors (Lipinski definition) is 4. The van der Waals surface area contributed by atoms with Crippen LogP contribution in [-0.4, -0.2) is 26.8 Å². The lowest BCUT2D eigenvalue weighted by atomic mass is 10.1. The third-order valence-electron chi connectivity index (χ3n) is 4.36. The minimum Gasteiger partial charge on any atom is -0.497 e. The van der Waals surface area contributed by atoms with Crippen LogP contribution in [0, 0.1) is 0 Å². The number of ether oxygens (including phenoxy) is 2. The lowest BCUT2D eigenvalue weighted by molar-refractivity contribution is -0.119. The maximum Gasteiger partial charge on any atom is 0.258 e. The molecule has 0 aromatic heterocycles. The van der Waals surface area contributed by atoms with E-state index < -0.39 is 12.6 Å². The van der Waals surface area contributed by atoms with Crippen LogP contribution in [0.5, 0.6) is 11.5 Å². The van der Waals surface area contributed by atoms with Gasteiger partial charge in [-0.1, -0.05) is 42.1 Å². The van der Waals surface area contributed by atoms with E-state index in [0.29, 0.717) is 17.2 Å². The van der Waals surface area contributed by atoms with Gasteiger partial charge in [-0.25, -0.2) is 4.39 Å². The molecule has 1 amide bonds. The highest BCUT2D eigenvalue weighted by Crippen LogP contribution is 2.37. The van der Waals surface area contributed by atoms with Crippen LogP contribution in [0.2, 0.25) is 0 Å². The summed E-state index contributed by atoms with van der Waals surface area (Å²) < 4.78 is 24.2. The maximum atomic E-state index is 13.5. The Hall–Kier alpha value is -2.99. The molecule has 0 unspecified atom stereocenters. The van der Waals surface area contributed by atoms with Crippen LogP contribution in [0.1, 0.15) is 5.56 Å². The van der Waals surface area contributed by atoms with Gasteiger partial charge >= 0.3 is 0 Å². The number of amides is 1. The molecule has 0 aliphatic carbocycles. The molecular weight excluding hydrogens is 389 g/mol. The molecule has 0 spiro atoms. The first-order chi connectivity index (χ1) is 14.2. The normalized spacial score (nSPS) is 10.4. The van der Waals surface area contributed by atoms with E-state index in [1.54, 1.807) is 32.4 Å². The fourth-order valence-corrected chi connectivity index (χ4v) is 3.91. The molecular formula is C23H22FNO3S. The lowest BCUT2D eigenvalue weighted by Gasteiger charge is -2.25. The maximum absolute atomic E-state index is 13.5. The zero-order valence-corrected chi connectivity index (χ0v) is 17.1. The van der Waals surface area contributed by atoms with Crippen molar-refractivity contribution in [3.05, 3.63) is 78.4 Å². The quantitative estimate of drug-likeness (QED) is 0.500. The molecule has 29 heavy (non-hydrogen) atoms. The third-order valence-corrected chi connectivity index (χ3v) is 5.43. The van der Waals surface area contributed by atoms with E-state index in [2.05, 4.69) is 0 Å². The summed E-state index contributed by atoms with van der Waals surface area (Å²) in [7, 11) is 3.13. The average molecular weight is 411 g/mol. The monoisotopic (exact) mass is 411 g/mol. The van der Waals surface area contributed by atoms with Gasteiger partial charge in [0.2, 0.25) is 0 Å². The molecule has 3 aromatic rings. The zero-order valence-electron chi connectivity index (χ0n) is 16.3. The van der Waals surface area contributed by atoms with Gasteiger partial charge in [-0.2, -0.15) is 0 Å². The molecule has 0 saturated carbocycles. The molecule has 150 valence electrons. The molecule has 0 saturated heterocycles. The summed E-state index contributed by atoms with van der Waals surface area (Å²) in [5.41, 5.74) is 1.38. The number of carbonyl (C=O) groups is 1. The zero-order chi connectivity index (χ0) is 20.6. The van der Waals surface area contributed by atoms with E-state index >= 15 is 0 Å². The number of hydrogen-bond donors (Lipinski definition) is 0. The number of halogens is 1. The van der Waals surface area contributed by atoms with Gasteiger partial charge in [-0.15, -0.1) is 0 Å². The Balaban J connectivity index is 2.00. The Kier molecular flexibility index (Phi) is 7.14. The molecule has 3 rings (SSSR count). The van der Waals surface area contributed by atoms with Crippen LogP contribution < -0.4 is 14.4 Å². The Morgan fingerprint density at radius 3 is 2.38 bits per heavy atom. The van der Waals surface area contributed by atoms with Crippen molar-refractivity contribution in [2.24, 2.45) is 0 Å². The highest BCUT2D eigenvalue weighted by atomic mass is 32.2. The number of methoxy groups -OCH3 is 2. The first kappa shape index (κ1) is 20.7. The number of para-hydroxylation sites is 1. The van der Waals surface area contributed by atoms with Gasteiger partial charge in [-0.3, -0.25) is 4.79 Å². The smallest absolute Gasteiger partial charge is 0.258 e. The number of nitrogens with zero attached hydrogens (tertiary/aromatic N) is 1. The van der Waals surface area contributed by atoms with Crippen molar-refractivity contribution in [3.8, 4) is 11.5 Å². The number of carbonyl (C=O) groups excluding carboxylic acids is 1. The van der Waals surface area contributed by atoms with Crippen molar-refractivity contribution in [1.82, 2.24) is 0 Å². The van der Waals surface area contributed by atoms with E-state index in [1.165, 1.54) is 16.7 Å². The van der Waals surface area contributed by atoms with Gasteiger partial charge in [0, 0.05) is 15.4 Å². The highest BCUT2D eigenvalue weighted by Gasteiger charge is 2.21. The molecule has 4 nitrogen and oxygen atoms in total. The minimum atomic E-state index is -1.09. The van der Waals surface area contributed by atoms with Gasteiger partial charge in [0.1, 0.15) is 11.5 Å². The van der Waals surface area contributed by atoms with E-state index in [9.17, 15) is 9.18 Å². The summed E-state index contributed by atoms with van der Waals surface area (Å²) in [6, 6.07) is 22.7. The SMILES string of the molecule is COc1ccc(OC)c(CN(C(=O)CF)c2ccccc2Sc2ccccc2)c1. The summed E-state index contributed by atoms with van der Waals surface area (Å²) in [4.78, 5) is 15.9. The molecule has 0 atom stereocenters. The van der Waals surface area contributed by atoms with Crippen LogP contribution >= 0.6 is 11.8 Å². The summed E-state index contributed by atoms with van der Waals surface area (Å²) in [5, 5.41) is 0. The summed E-state index contributed by atoms with van der Waals surface area (Å²) in [6.45, 7) is -0.924. The molecule has 3 aromatic carbocycles. The van der Waals surface area contributed by atoms with Gasteiger partial charge in [-0.05, 0) is 42.5 Å². The van der Waals surface area contributed by atoms with Crippen LogP contribution in [0.15, 0.2) is 82.6 Å². The van der Waals surface area contributed by atoms with E-state index in [4.69, 9.17) is 9.47 Å². The molecule has 0 aliphatic heterocycles. The largest absolute Gasteiger partial charge is 0.497 e. The summed E-state index contributed by atoms with van der Waals surface area (Å²) in [5.74, 6) is 0.632. The third kappa shape index (κ3) is 5.09. The van der Waals surface area contributed by atoms with Crippen molar-refractivity contribution in [3.63, 3.8) is 0 Å². The molecule has 0 fully saturated rings. The summed E-state index contributed by atoms with van der Waals surface area (Å²) >= 11 is 1.53. The number of anilines is 1. The van der Waals surface area contributed by atoms with Crippen molar-refractivity contribution < 1.29 is 18.7 Å². The Morgan fingerprint density at radius 1 is 0.966 bits per heavy atom. The number of benzene rings is 3. The molecule has 0 bridgehead atoms. The van der Waals surface area contributed by atoms with E-state index in [1.807, 2.05) is 54.6 Å². The summed E-state index contributed by atoms with van der Waals surface area (Å²) in [6.07, 6.45) is 0. The minimum absolute atomic E-state index is 0.162. The second kappa shape index (κ2) is 9.98. The second-order valence-electron chi connectivity index (χ2n) is 6.17. The predicted octanol–water partition coefficient (Wildman–Crippen LogP) is 5.36. The number of rotatable bonds is 8. The Morgan fingerprint density at radius 2 is 1.69 bits per heavy atom. The molecule has 6 heteroatoms. The van der Waals surface area contributed by atoms with Gasteiger partial charge < -0.3 is 14.4 Å². The molecule has 0 heterocycles. The van der Waals surface area contributed by atoms with Crippen LogP contribution in [0.4, 0.5) is 10.1 Å². The van der Waals surface area contributed by atoms with Crippen LogP contribution in [-0.2, 0) is 11.3 Å². The van der Waals surface area contributed by atoms with Gasteiger partial charge in [0.15, 0.2) is 6.67 Å². The standard InChI is InChI=1S/C23H22FNO3S/c1-27-18-12-13-21(28-2)17(14-18)16-25(23(26)15-24)20-10-6-7-11-22(20)29-19-8-4-3-5-9-19/h3-14H,15-16H2,1-2H3. The topological polar surface area (TPSA) is 38.8 Å². The fourth-order valence-electron chi connectivity index (χ4n) is 2.94. The predicted molar refractivity (Wildman–Crippen MR) is 114 cm³/mol. The van der Waals surface area contributed by atoms with E-state index in [0.717, 1.165) is 15.4 Å². The molecule has 0 aliphatic rings. The van der Waals surface area contributed by atoms with Crippen molar-refractivity contribution in [2.75, 3.05) is 25.8 Å². The van der Waals surface area contributed by atoms with Crippen molar-refractivity contribution in [2.45, 2.75) is 16.3 Å². The Bertz CT molecular complexity index is 965.